The zero-order chi connectivity index (χ0) is 21.6. The smallest absolute Gasteiger partial charge is 0.343 e. The van der Waals surface area contributed by atoms with Gasteiger partial charge in [0.15, 0.2) is 6.61 Å². The summed E-state index contributed by atoms with van der Waals surface area (Å²) < 4.78 is 11.5. The molecule has 0 unspecified atom stereocenters. The van der Waals surface area contributed by atoms with Crippen LogP contribution in [0.5, 0.6) is 5.75 Å². The maximum absolute atomic E-state index is 12.4. The zero-order valence-electron chi connectivity index (χ0n) is 14.8. The molecule has 0 aliphatic carbocycles. The van der Waals surface area contributed by atoms with Gasteiger partial charge in [0.05, 0.1) is 24.3 Å². The average molecular weight is 657 g/mol. The maximum atomic E-state index is 12.4. The first-order valence-corrected chi connectivity index (χ1v) is 10.7. The van der Waals surface area contributed by atoms with Gasteiger partial charge in [0.2, 0.25) is 0 Å². The van der Waals surface area contributed by atoms with Gasteiger partial charge in [-0.15, -0.1) is 0 Å². The Morgan fingerprint density at radius 1 is 1.17 bits per heavy atom. The molecule has 0 saturated carbocycles. The number of nitriles is 1. The van der Waals surface area contributed by atoms with Gasteiger partial charge in [-0.3, -0.25) is 4.79 Å². The summed E-state index contributed by atoms with van der Waals surface area (Å²) in [5.74, 6) is -0.555. The van der Waals surface area contributed by atoms with Crippen LogP contribution < -0.4 is 10.1 Å². The number of esters is 1. The maximum Gasteiger partial charge on any atom is 0.343 e. The molecule has 2 aromatic carbocycles. The van der Waals surface area contributed by atoms with Crippen LogP contribution in [-0.2, 0) is 14.3 Å². The number of ether oxygens (including phenoxy) is 2. The topological polar surface area (TPSA) is 88.4 Å². The second kappa shape index (κ2) is 11.0. The summed E-state index contributed by atoms with van der Waals surface area (Å²) in [4.78, 5) is 23.7. The van der Waals surface area contributed by atoms with Crippen molar-refractivity contribution in [3.8, 4) is 11.8 Å². The summed E-state index contributed by atoms with van der Waals surface area (Å²) in [7, 11) is 1.28. The molecule has 1 N–H and O–H groups in total. The Morgan fingerprint density at radius 2 is 1.83 bits per heavy atom. The Hall–Kier alpha value is -1.55. The predicted octanol–water partition coefficient (Wildman–Crippen LogP) is 5.30. The van der Waals surface area contributed by atoms with Gasteiger partial charge in [-0.1, -0.05) is 23.2 Å². The number of halogens is 4. The molecule has 0 heterocycles. The van der Waals surface area contributed by atoms with E-state index in [-0.39, 0.29) is 12.2 Å². The minimum atomic E-state index is -0.582. The van der Waals surface area contributed by atoms with E-state index in [1.807, 2.05) is 6.07 Å². The molecule has 10 heteroatoms. The van der Waals surface area contributed by atoms with Crippen molar-refractivity contribution in [1.29, 1.82) is 5.26 Å². The number of methoxy groups -OCH3 is 1. The molecule has 0 saturated heterocycles. The van der Waals surface area contributed by atoms with Crippen molar-refractivity contribution in [2.24, 2.45) is 0 Å². The van der Waals surface area contributed by atoms with E-state index in [1.165, 1.54) is 19.3 Å². The molecule has 0 aliphatic rings. The lowest BCUT2D eigenvalue weighted by molar-refractivity contribution is -0.142. The van der Waals surface area contributed by atoms with E-state index in [0.717, 1.165) is 0 Å². The lowest BCUT2D eigenvalue weighted by Gasteiger charge is -2.11. The minimum absolute atomic E-state index is 0.0918. The normalized spacial score (nSPS) is 10.8. The van der Waals surface area contributed by atoms with Crippen molar-refractivity contribution in [2.45, 2.75) is 0 Å². The number of hydrogen-bond donors (Lipinski definition) is 1. The third kappa shape index (κ3) is 6.74. The van der Waals surface area contributed by atoms with E-state index in [1.54, 1.807) is 24.3 Å². The van der Waals surface area contributed by atoms with E-state index in [0.29, 0.717) is 34.2 Å². The lowest BCUT2D eigenvalue weighted by atomic mass is 10.1. The van der Waals surface area contributed by atoms with Gasteiger partial charge in [0, 0.05) is 5.69 Å². The summed E-state index contributed by atoms with van der Waals surface area (Å²) in [5, 5.41) is 12.7. The molecule has 1 amide bonds. The first kappa shape index (κ1) is 23.7. The molecule has 6 nitrogen and oxygen atoms in total. The predicted molar refractivity (Wildman–Crippen MR) is 128 cm³/mol. The van der Waals surface area contributed by atoms with Crippen LogP contribution in [0.25, 0.3) is 6.08 Å². The van der Waals surface area contributed by atoms with E-state index in [2.05, 4.69) is 55.2 Å². The van der Waals surface area contributed by atoms with Crippen molar-refractivity contribution in [2.75, 3.05) is 19.0 Å². The van der Waals surface area contributed by atoms with E-state index in [9.17, 15) is 14.9 Å². The minimum Gasteiger partial charge on any atom is -0.480 e. The highest BCUT2D eigenvalue weighted by molar-refractivity contribution is 14.1. The molecule has 0 fully saturated rings. The first-order valence-electron chi connectivity index (χ1n) is 7.82. The molecule has 0 spiro atoms. The Morgan fingerprint density at radius 3 is 2.38 bits per heavy atom. The van der Waals surface area contributed by atoms with Gasteiger partial charge in [-0.2, -0.15) is 5.26 Å². The number of carbonyl (C=O) groups excluding carboxylic acids is 2. The molecular weight excluding hydrogens is 645 g/mol. The SMILES string of the molecule is COC(=O)COc1c(I)cc(/C=C(\C#N)C(=O)Nc2ccc(Cl)c(Cl)c2)cc1I. The van der Waals surface area contributed by atoms with Crippen molar-refractivity contribution in [1.82, 2.24) is 0 Å². The highest BCUT2D eigenvalue weighted by Gasteiger charge is 2.14. The van der Waals surface area contributed by atoms with Crippen LogP contribution in [0, 0.1) is 18.5 Å². The fourth-order valence-electron chi connectivity index (χ4n) is 2.08. The first-order chi connectivity index (χ1) is 13.7. The molecule has 29 heavy (non-hydrogen) atoms. The second-order valence-electron chi connectivity index (χ2n) is 5.43. The van der Waals surface area contributed by atoms with Crippen LogP contribution in [0.1, 0.15) is 5.56 Å². The lowest BCUT2D eigenvalue weighted by Crippen LogP contribution is -2.14. The number of hydrogen-bond acceptors (Lipinski definition) is 5. The number of anilines is 1. The standard InChI is InChI=1S/C19H12Cl2I2N2O4/c1-28-17(26)9-29-18-15(22)5-10(6-16(18)23)4-11(8-24)19(27)25-12-2-3-13(20)14(21)7-12/h2-7H,9H2,1H3,(H,25,27)/b11-4+. The number of carbonyl (C=O) groups is 2. The Balaban J connectivity index is 2.23. The highest BCUT2D eigenvalue weighted by Crippen LogP contribution is 2.30. The van der Waals surface area contributed by atoms with Gasteiger partial charge in [0.25, 0.3) is 5.91 Å². The van der Waals surface area contributed by atoms with Gasteiger partial charge in [-0.05, 0) is 87.2 Å². The van der Waals surface area contributed by atoms with Crippen molar-refractivity contribution in [3.63, 3.8) is 0 Å². The fraction of sp³-hybridized carbons (Fsp3) is 0.105. The quantitative estimate of drug-likeness (QED) is 0.197. The largest absolute Gasteiger partial charge is 0.480 e. The number of benzene rings is 2. The number of nitrogens with one attached hydrogen (secondary N) is 1. The van der Waals surface area contributed by atoms with Crippen LogP contribution in [0.2, 0.25) is 10.0 Å². The van der Waals surface area contributed by atoms with E-state index >= 15 is 0 Å². The Kier molecular flexibility index (Phi) is 9.01. The average Bonchev–Trinajstić information content (AvgIpc) is 2.67. The molecule has 0 bridgehead atoms. The molecule has 0 atom stereocenters. The summed E-state index contributed by atoms with van der Waals surface area (Å²) in [5.41, 5.74) is 0.956. The van der Waals surface area contributed by atoms with E-state index in [4.69, 9.17) is 27.9 Å². The van der Waals surface area contributed by atoms with Gasteiger partial charge < -0.3 is 14.8 Å². The zero-order valence-corrected chi connectivity index (χ0v) is 20.6. The number of amides is 1. The Bertz CT molecular complexity index is 1010. The van der Waals surface area contributed by atoms with Crippen LogP contribution in [0.3, 0.4) is 0 Å². The van der Waals surface area contributed by atoms with Crippen molar-refractivity contribution >= 4 is 92.0 Å². The van der Waals surface area contributed by atoms with Gasteiger partial charge >= 0.3 is 5.97 Å². The molecule has 0 aromatic heterocycles. The third-order valence-electron chi connectivity index (χ3n) is 3.44. The fourth-order valence-corrected chi connectivity index (χ4v) is 4.50. The van der Waals surface area contributed by atoms with Crippen molar-refractivity contribution in [3.05, 3.63) is 58.7 Å². The summed E-state index contributed by atoms with van der Waals surface area (Å²) >= 11 is 15.9. The van der Waals surface area contributed by atoms with Gasteiger partial charge in [0.1, 0.15) is 17.4 Å². The van der Waals surface area contributed by atoms with Gasteiger partial charge in [-0.25, -0.2) is 4.79 Å². The monoisotopic (exact) mass is 656 g/mol. The van der Waals surface area contributed by atoms with Crippen LogP contribution in [-0.4, -0.2) is 25.6 Å². The molecule has 150 valence electrons. The molecular formula is C19H12Cl2I2N2O4. The third-order valence-corrected chi connectivity index (χ3v) is 5.78. The van der Waals surface area contributed by atoms with Crippen LogP contribution in [0.15, 0.2) is 35.9 Å². The Labute approximate surface area is 204 Å². The molecule has 2 aromatic rings. The molecule has 2 rings (SSSR count). The number of nitrogens with zero attached hydrogens (tertiary/aromatic N) is 1. The van der Waals surface area contributed by atoms with E-state index < -0.39 is 11.9 Å². The summed E-state index contributed by atoms with van der Waals surface area (Å²) in [6, 6.07) is 9.99. The highest BCUT2D eigenvalue weighted by atomic mass is 127. The molecule has 0 aliphatic heterocycles. The van der Waals surface area contributed by atoms with Crippen LogP contribution >= 0.6 is 68.4 Å². The van der Waals surface area contributed by atoms with Crippen LogP contribution in [0.4, 0.5) is 5.69 Å². The molecule has 0 radical (unpaired) electrons. The summed E-state index contributed by atoms with van der Waals surface area (Å²) in [6.07, 6.45) is 1.46. The summed E-state index contributed by atoms with van der Waals surface area (Å²) in [6.45, 7) is -0.215. The number of rotatable bonds is 6. The second-order valence-corrected chi connectivity index (χ2v) is 8.57. The van der Waals surface area contributed by atoms with Crippen molar-refractivity contribution < 1.29 is 19.1 Å².